The molecule has 3 aliphatic carbocycles. The van der Waals surface area contributed by atoms with Gasteiger partial charge in [-0.05, 0) is 85.3 Å². The normalized spacial score (nSPS) is 24.0. The summed E-state index contributed by atoms with van der Waals surface area (Å²) in [5, 5.41) is 34.3. The Bertz CT molecular complexity index is 1570. The molecule has 0 aromatic heterocycles. The molecule has 0 saturated carbocycles. The molecule has 5 N–H and O–H groups in total. The van der Waals surface area contributed by atoms with E-state index in [9.17, 15) is 29.7 Å². The van der Waals surface area contributed by atoms with Crippen molar-refractivity contribution in [3.63, 3.8) is 0 Å². The average molecular weight is 540 g/mol. The summed E-state index contributed by atoms with van der Waals surface area (Å²) in [6.07, 6.45) is 7.36. The van der Waals surface area contributed by atoms with E-state index >= 15 is 0 Å². The number of allylic oxidation sites excluding steroid dienone is 2. The third-order valence-electron chi connectivity index (χ3n) is 8.85. The number of carbonyl (C=O) groups excluding carboxylic acids is 3. The molecule has 0 unspecified atom stereocenters. The summed E-state index contributed by atoms with van der Waals surface area (Å²) >= 11 is 0. The number of aromatic hydroxyl groups is 1. The maximum Gasteiger partial charge on any atom is 0.252 e. The smallest absolute Gasteiger partial charge is 0.252 e. The minimum absolute atomic E-state index is 0.0648. The second-order valence-corrected chi connectivity index (χ2v) is 11.6. The number of aryl methyl sites for hydroxylation is 2. The van der Waals surface area contributed by atoms with Crippen LogP contribution in [0, 0.1) is 24.2 Å². The summed E-state index contributed by atoms with van der Waals surface area (Å²) in [6, 6.07) is 9.54. The van der Waals surface area contributed by atoms with Crippen LogP contribution in [0.5, 0.6) is 5.75 Å². The lowest BCUT2D eigenvalue weighted by molar-refractivity contribution is -0.143. The molecule has 7 heteroatoms. The van der Waals surface area contributed by atoms with Gasteiger partial charge in [-0.2, -0.15) is 0 Å². The Morgan fingerprint density at radius 2 is 1.82 bits per heavy atom. The number of aliphatic hydroxyl groups excluding tert-OH is 1. The first-order valence-corrected chi connectivity index (χ1v) is 13.6. The van der Waals surface area contributed by atoms with Crippen LogP contribution < -0.4 is 5.73 Å². The van der Waals surface area contributed by atoms with E-state index in [-0.39, 0.29) is 41.2 Å². The fraction of sp³-hybridized carbons (Fsp3) is 0.364. The molecule has 0 aliphatic heterocycles. The minimum Gasteiger partial charge on any atom is -0.508 e. The van der Waals surface area contributed by atoms with Crippen molar-refractivity contribution in [2.45, 2.75) is 64.4 Å². The van der Waals surface area contributed by atoms with Gasteiger partial charge in [0, 0.05) is 17.1 Å². The molecule has 0 saturated heterocycles. The number of Topliss-reactive ketones (excluding diaryl/α,β-unsaturated/α-hetero) is 2. The highest BCUT2D eigenvalue weighted by Crippen LogP contribution is 2.52. The maximum atomic E-state index is 14.0. The van der Waals surface area contributed by atoms with Gasteiger partial charge >= 0.3 is 0 Å². The summed E-state index contributed by atoms with van der Waals surface area (Å²) in [6.45, 7) is 5.68. The van der Waals surface area contributed by atoms with E-state index in [1.54, 1.807) is 6.92 Å². The van der Waals surface area contributed by atoms with E-state index in [1.165, 1.54) is 0 Å². The molecule has 0 heterocycles. The van der Waals surface area contributed by atoms with Crippen molar-refractivity contribution in [3.05, 3.63) is 86.2 Å². The predicted molar refractivity (Wildman–Crippen MR) is 150 cm³/mol. The van der Waals surface area contributed by atoms with Gasteiger partial charge in [0.2, 0.25) is 5.78 Å². The van der Waals surface area contributed by atoms with Crippen molar-refractivity contribution in [3.8, 4) is 18.1 Å². The van der Waals surface area contributed by atoms with Crippen LogP contribution in [0.3, 0.4) is 0 Å². The molecule has 1 amide bonds. The standard InChI is InChI=1S/C33H33NO6/c1-5-18-6-8-19(9-7-18)10-11-20-14-23(16(2)3)24-15-21-13-22-12-17(4)25(32(34)39)30(37)33(22,40)31(38)26(21)29(36)27(24)28(20)35/h1,6-9,14,16,21-22,35,38,40H,10-13,15H2,2-4H3,(H2,34,39)/t21-,22-,33-/m0/s1. The molecule has 2 aromatic rings. The molecule has 5 rings (SSSR count). The number of rotatable bonds is 5. The fourth-order valence-corrected chi connectivity index (χ4v) is 6.79. The quantitative estimate of drug-likeness (QED) is 0.335. The molecule has 7 nitrogen and oxygen atoms in total. The number of nitrogens with two attached hydrogens (primary N) is 1. The number of phenols is 1. The zero-order chi connectivity index (χ0) is 29.1. The number of aliphatic hydroxyl groups is 2. The zero-order valence-electron chi connectivity index (χ0n) is 22.9. The van der Waals surface area contributed by atoms with E-state index in [2.05, 4.69) is 5.92 Å². The summed E-state index contributed by atoms with van der Waals surface area (Å²) in [5.74, 6) is -1.94. The van der Waals surface area contributed by atoms with Gasteiger partial charge in [-0.3, -0.25) is 14.4 Å². The molecular formula is C33H33NO6. The summed E-state index contributed by atoms with van der Waals surface area (Å²) in [7, 11) is 0. The van der Waals surface area contributed by atoms with Crippen LogP contribution in [0.2, 0.25) is 0 Å². The first kappa shape index (κ1) is 27.4. The second-order valence-electron chi connectivity index (χ2n) is 11.6. The molecule has 0 fully saturated rings. The number of carbonyl (C=O) groups is 3. The van der Waals surface area contributed by atoms with Crippen LogP contribution in [0.4, 0.5) is 0 Å². The first-order valence-electron chi connectivity index (χ1n) is 13.6. The van der Waals surface area contributed by atoms with Gasteiger partial charge in [0.1, 0.15) is 11.5 Å². The lowest BCUT2D eigenvalue weighted by Gasteiger charge is -2.46. The summed E-state index contributed by atoms with van der Waals surface area (Å²) in [4.78, 5) is 39.4. The van der Waals surface area contributed by atoms with Crippen molar-refractivity contribution in [1.82, 2.24) is 0 Å². The Hall–Kier alpha value is -4.15. The maximum absolute atomic E-state index is 14.0. The van der Waals surface area contributed by atoms with Crippen molar-refractivity contribution in [1.29, 1.82) is 0 Å². The lowest BCUT2D eigenvalue weighted by atomic mass is 9.59. The van der Waals surface area contributed by atoms with Gasteiger partial charge in [-0.1, -0.05) is 43.5 Å². The number of primary amides is 1. The highest BCUT2D eigenvalue weighted by molar-refractivity contribution is 6.24. The van der Waals surface area contributed by atoms with Gasteiger partial charge in [0.25, 0.3) is 5.91 Å². The van der Waals surface area contributed by atoms with Gasteiger partial charge in [-0.25, -0.2) is 0 Å². The van der Waals surface area contributed by atoms with Crippen LogP contribution >= 0.6 is 0 Å². The number of hydrogen-bond donors (Lipinski definition) is 4. The van der Waals surface area contributed by atoms with Crippen LogP contribution in [-0.2, 0) is 28.9 Å². The molecule has 0 radical (unpaired) electrons. The summed E-state index contributed by atoms with van der Waals surface area (Å²) in [5.41, 5.74) is 7.26. The molecule has 3 atom stereocenters. The van der Waals surface area contributed by atoms with Gasteiger partial charge in [0.05, 0.1) is 11.1 Å². The lowest BCUT2D eigenvalue weighted by Crippen LogP contribution is -2.57. The molecular weight excluding hydrogens is 506 g/mol. The largest absolute Gasteiger partial charge is 0.508 e. The monoisotopic (exact) mass is 539 g/mol. The topological polar surface area (TPSA) is 138 Å². The number of fused-ring (bicyclic) bond motifs is 3. The van der Waals surface area contributed by atoms with Crippen molar-refractivity contribution < 1.29 is 29.7 Å². The number of hydrogen-bond acceptors (Lipinski definition) is 6. The predicted octanol–water partition coefficient (Wildman–Crippen LogP) is 3.97. The number of benzene rings is 2. The van der Waals surface area contributed by atoms with E-state index in [1.807, 2.05) is 44.2 Å². The van der Waals surface area contributed by atoms with E-state index in [0.29, 0.717) is 30.4 Å². The Balaban J connectivity index is 1.59. The van der Waals surface area contributed by atoms with Crippen molar-refractivity contribution in [2.24, 2.45) is 17.6 Å². The highest BCUT2D eigenvalue weighted by atomic mass is 16.3. The average Bonchev–Trinajstić information content (AvgIpc) is 2.90. The van der Waals surface area contributed by atoms with Crippen molar-refractivity contribution >= 4 is 17.5 Å². The summed E-state index contributed by atoms with van der Waals surface area (Å²) < 4.78 is 0. The van der Waals surface area contributed by atoms with Crippen LogP contribution in [0.25, 0.3) is 0 Å². The Morgan fingerprint density at radius 3 is 2.42 bits per heavy atom. The second kappa shape index (κ2) is 9.79. The Labute approximate surface area is 233 Å². The van der Waals surface area contributed by atoms with Crippen molar-refractivity contribution in [2.75, 3.05) is 0 Å². The minimum atomic E-state index is -2.42. The molecule has 40 heavy (non-hydrogen) atoms. The third-order valence-corrected chi connectivity index (χ3v) is 8.85. The SMILES string of the molecule is C#Cc1ccc(CCc2cc(C(C)C)c3c(c2O)C(=O)C2=C(O)[C@@]4(O)C(=O)C(C(N)=O)=C(C)C[C@H]4C[C@H]2C3)cc1. The third kappa shape index (κ3) is 4.06. The zero-order valence-corrected chi connectivity index (χ0v) is 22.9. The van der Waals surface area contributed by atoms with E-state index in [0.717, 1.165) is 22.3 Å². The van der Waals surface area contributed by atoms with Crippen LogP contribution in [0.1, 0.15) is 77.7 Å². The number of terminal acetylenes is 1. The molecule has 0 bridgehead atoms. The Kier molecular flexibility index (Phi) is 6.71. The number of phenolic OH excluding ortho intramolecular Hbond substituents is 1. The van der Waals surface area contributed by atoms with Gasteiger partial charge in [-0.15, -0.1) is 6.42 Å². The highest BCUT2D eigenvalue weighted by Gasteiger charge is 2.59. The molecule has 3 aliphatic rings. The van der Waals surface area contributed by atoms with Crippen LogP contribution in [-0.4, -0.2) is 38.4 Å². The molecule has 206 valence electrons. The van der Waals surface area contributed by atoms with Gasteiger partial charge in [0.15, 0.2) is 11.4 Å². The molecule has 0 spiro atoms. The van der Waals surface area contributed by atoms with E-state index < -0.39 is 40.7 Å². The fourth-order valence-electron chi connectivity index (χ4n) is 6.79. The van der Waals surface area contributed by atoms with Crippen LogP contribution in [0.15, 0.2) is 52.8 Å². The van der Waals surface area contributed by atoms with Gasteiger partial charge < -0.3 is 21.1 Å². The number of ketones is 2. The van der Waals surface area contributed by atoms with E-state index in [4.69, 9.17) is 12.2 Å². The first-order chi connectivity index (χ1) is 18.9. The Morgan fingerprint density at radius 1 is 1.15 bits per heavy atom. The molecule has 2 aromatic carbocycles. The number of amides is 1.